The Hall–Kier alpha value is 0.520. The maximum Gasteiger partial charge on any atom is 0.0988 e. The van der Waals surface area contributed by atoms with Gasteiger partial charge in [-0.2, -0.15) is 0 Å². The van der Waals surface area contributed by atoms with Crippen molar-refractivity contribution in [3.05, 3.63) is 0 Å². The fourth-order valence-corrected chi connectivity index (χ4v) is 1.32. The number of halogens is 1. The van der Waals surface area contributed by atoms with Crippen LogP contribution < -0.4 is 0 Å². The molecule has 0 amide bonds. The Bertz CT molecular complexity index is 107. The molecule has 50 valence electrons. The van der Waals surface area contributed by atoms with E-state index in [4.69, 9.17) is 11.6 Å². The molecule has 0 heterocycles. The normalized spacial score (nSPS) is 16.0. The summed E-state index contributed by atoms with van der Waals surface area (Å²) < 4.78 is 11.0. The molecule has 0 saturated heterocycles. The maximum absolute atomic E-state index is 11.0. The molecule has 0 aromatic rings. The molecule has 1 atom stereocenters. The summed E-state index contributed by atoms with van der Waals surface area (Å²) in [5, 5.41) is -0.123. The molecule has 0 aliphatic rings. The van der Waals surface area contributed by atoms with Gasteiger partial charge in [0.25, 0.3) is 0 Å². The third kappa shape index (κ3) is 2.74. The van der Waals surface area contributed by atoms with Crippen LogP contribution in [0.2, 0.25) is 0 Å². The van der Waals surface area contributed by atoms with Gasteiger partial charge in [0, 0.05) is 0 Å². The van der Waals surface area contributed by atoms with Gasteiger partial charge in [-0.3, -0.25) is 0 Å². The van der Waals surface area contributed by atoms with E-state index in [1.165, 1.54) is 0 Å². The highest BCUT2D eigenvalue weighted by atomic mass is 35.5. The predicted molar refractivity (Wildman–Crippen MR) is 39.4 cm³/mol. The summed E-state index contributed by atoms with van der Waals surface area (Å²) in [5.41, 5.74) is 0. The largest absolute Gasteiger partial charge is 0.323 e. The summed E-state index contributed by atoms with van der Waals surface area (Å²) >= 11 is 5.68. The molecule has 1 nitrogen and oxygen atoms in total. The lowest BCUT2D eigenvalue weighted by Crippen LogP contribution is -1.94. The first kappa shape index (κ1) is 8.52. The van der Waals surface area contributed by atoms with E-state index >= 15 is 0 Å². The molecular weight excluding hydrogens is 142 g/mol. The minimum Gasteiger partial charge on any atom is -0.323 e. The van der Waals surface area contributed by atoms with E-state index in [1.54, 1.807) is 13.3 Å². The molecule has 0 spiro atoms. The first-order chi connectivity index (χ1) is 3.48. The molecule has 3 heteroatoms. The monoisotopic (exact) mass is 154 g/mol. The molecule has 0 aliphatic heterocycles. The quantitative estimate of drug-likeness (QED) is 0.441. The van der Waals surface area contributed by atoms with Crippen molar-refractivity contribution in [1.82, 2.24) is 0 Å². The van der Waals surface area contributed by atoms with E-state index in [0.717, 1.165) is 6.42 Å². The minimum absolute atomic E-state index is 0.123. The number of rotatable bonds is 2. The second-order valence-electron chi connectivity index (χ2n) is 2.28. The molecule has 0 fully saturated rings. The summed E-state index contributed by atoms with van der Waals surface area (Å²) in [6, 6.07) is 0. The fourth-order valence-electron chi connectivity index (χ4n) is 0.440. The van der Waals surface area contributed by atoms with Crippen LogP contribution >= 0.6 is 18.7 Å². The standard InChI is InChI=1S/C5H12ClOP/c1-4-5(6)8(2,3)7/h5H,4H2,1-3H3. The van der Waals surface area contributed by atoms with Crippen LogP contribution in [-0.4, -0.2) is 18.4 Å². The van der Waals surface area contributed by atoms with E-state index in [9.17, 15) is 4.57 Å². The highest BCUT2D eigenvalue weighted by Gasteiger charge is 2.16. The van der Waals surface area contributed by atoms with Crippen molar-refractivity contribution in [1.29, 1.82) is 0 Å². The Morgan fingerprint density at radius 3 is 2.00 bits per heavy atom. The average Bonchev–Trinajstić information content (AvgIpc) is 1.62. The SMILES string of the molecule is CCC(Cl)P(C)(C)=O. The molecule has 0 bridgehead atoms. The lowest BCUT2D eigenvalue weighted by atomic mass is 10.6. The second kappa shape index (κ2) is 2.89. The Morgan fingerprint density at radius 1 is 1.62 bits per heavy atom. The predicted octanol–water partition coefficient (Wildman–Crippen LogP) is 2.58. The zero-order chi connectivity index (χ0) is 6.78. The highest BCUT2D eigenvalue weighted by molar-refractivity contribution is 7.64. The van der Waals surface area contributed by atoms with Crippen molar-refractivity contribution in [2.45, 2.75) is 18.5 Å². The van der Waals surface area contributed by atoms with Crippen molar-refractivity contribution in [2.75, 3.05) is 13.3 Å². The first-order valence-electron chi connectivity index (χ1n) is 2.67. The van der Waals surface area contributed by atoms with Gasteiger partial charge in [0.05, 0.1) is 12.3 Å². The fraction of sp³-hybridized carbons (Fsp3) is 1.00. The van der Waals surface area contributed by atoms with Crippen LogP contribution in [0.1, 0.15) is 13.3 Å². The van der Waals surface area contributed by atoms with Crippen LogP contribution in [0.5, 0.6) is 0 Å². The molecule has 0 rings (SSSR count). The van der Waals surface area contributed by atoms with E-state index < -0.39 is 7.14 Å². The Balaban J connectivity index is 3.82. The summed E-state index contributed by atoms with van der Waals surface area (Å²) in [7, 11) is -1.99. The summed E-state index contributed by atoms with van der Waals surface area (Å²) in [6.07, 6.45) is 0.797. The van der Waals surface area contributed by atoms with Gasteiger partial charge in [-0.05, 0) is 19.8 Å². The van der Waals surface area contributed by atoms with Crippen LogP contribution in [0.15, 0.2) is 0 Å². The topological polar surface area (TPSA) is 17.1 Å². The van der Waals surface area contributed by atoms with E-state index in [1.807, 2.05) is 6.92 Å². The first-order valence-corrected chi connectivity index (χ1v) is 5.78. The third-order valence-corrected chi connectivity index (χ3v) is 4.44. The highest BCUT2D eigenvalue weighted by Crippen LogP contribution is 2.45. The molecule has 0 N–H and O–H groups in total. The number of alkyl halides is 1. The van der Waals surface area contributed by atoms with Crippen molar-refractivity contribution >= 4 is 18.7 Å². The molecule has 0 aromatic carbocycles. The third-order valence-electron chi connectivity index (χ3n) is 1.01. The lowest BCUT2D eigenvalue weighted by molar-refractivity contribution is 0.579. The van der Waals surface area contributed by atoms with Gasteiger partial charge in [-0.25, -0.2) is 0 Å². The van der Waals surface area contributed by atoms with Gasteiger partial charge < -0.3 is 4.57 Å². The van der Waals surface area contributed by atoms with Gasteiger partial charge in [0.1, 0.15) is 0 Å². The smallest absolute Gasteiger partial charge is 0.0988 e. The van der Waals surface area contributed by atoms with Crippen molar-refractivity contribution < 1.29 is 4.57 Å². The molecule has 0 aromatic heterocycles. The molecule has 1 unspecified atom stereocenters. The Morgan fingerprint density at radius 2 is 2.00 bits per heavy atom. The van der Waals surface area contributed by atoms with Crippen molar-refractivity contribution in [2.24, 2.45) is 0 Å². The lowest BCUT2D eigenvalue weighted by Gasteiger charge is -2.10. The van der Waals surface area contributed by atoms with Gasteiger partial charge in [0.2, 0.25) is 0 Å². The number of hydrogen-bond donors (Lipinski definition) is 0. The average molecular weight is 155 g/mol. The zero-order valence-electron chi connectivity index (χ0n) is 5.52. The molecule has 0 saturated carbocycles. The van der Waals surface area contributed by atoms with Crippen LogP contribution in [0.3, 0.4) is 0 Å². The van der Waals surface area contributed by atoms with E-state index in [0.29, 0.717) is 0 Å². The Kier molecular flexibility index (Phi) is 3.08. The minimum atomic E-state index is -1.99. The van der Waals surface area contributed by atoms with Gasteiger partial charge in [-0.15, -0.1) is 11.6 Å². The maximum atomic E-state index is 11.0. The van der Waals surface area contributed by atoms with Crippen LogP contribution in [-0.2, 0) is 4.57 Å². The van der Waals surface area contributed by atoms with Crippen LogP contribution in [0.4, 0.5) is 0 Å². The molecular formula is C5H12ClOP. The molecule has 8 heavy (non-hydrogen) atoms. The van der Waals surface area contributed by atoms with Crippen LogP contribution in [0, 0.1) is 0 Å². The van der Waals surface area contributed by atoms with Crippen molar-refractivity contribution in [3.63, 3.8) is 0 Å². The molecule has 0 aliphatic carbocycles. The van der Waals surface area contributed by atoms with Gasteiger partial charge >= 0.3 is 0 Å². The van der Waals surface area contributed by atoms with Crippen LogP contribution in [0.25, 0.3) is 0 Å². The van der Waals surface area contributed by atoms with E-state index in [2.05, 4.69) is 0 Å². The van der Waals surface area contributed by atoms with Crippen molar-refractivity contribution in [3.8, 4) is 0 Å². The Labute approximate surface area is 55.8 Å². The number of hydrogen-bond acceptors (Lipinski definition) is 1. The summed E-state index contributed by atoms with van der Waals surface area (Å²) in [5.74, 6) is 0. The zero-order valence-corrected chi connectivity index (χ0v) is 7.17. The summed E-state index contributed by atoms with van der Waals surface area (Å²) in [6.45, 7) is 5.37. The second-order valence-corrected chi connectivity index (χ2v) is 6.60. The molecule has 0 radical (unpaired) electrons. The van der Waals surface area contributed by atoms with E-state index in [-0.39, 0.29) is 5.12 Å². The summed E-state index contributed by atoms with van der Waals surface area (Å²) in [4.78, 5) is 0. The van der Waals surface area contributed by atoms with Gasteiger partial charge in [0.15, 0.2) is 0 Å². The van der Waals surface area contributed by atoms with Gasteiger partial charge in [-0.1, -0.05) is 6.92 Å².